The highest BCUT2D eigenvalue weighted by Gasteiger charge is 2.11. The van der Waals surface area contributed by atoms with Crippen LogP contribution in [-0.4, -0.2) is 73.4 Å². The van der Waals surface area contributed by atoms with Crippen molar-refractivity contribution in [2.24, 2.45) is 0 Å². The summed E-state index contributed by atoms with van der Waals surface area (Å²) in [5.74, 6) is -0.586. The maximum Gasteiger partial charge on any atom is 0.330 e. The van der Waals surface area contributed by atoms with Gasteiger partial charge in [-0.05, 0) is 25.6 Å². The van der Waals surface area contributed by atoms with Gasteiger partial charge in [0.15, 0.2) is 0 Å². The van der Waals surface area contributed by atoms with Gasteiger partial charge in [0.1, 0.15) is 6.61 Å². The lowest BCUT2D eigenvalue weighted by molar-refractivity contribution is -0.138. The van der Waals surface area contributed by atoms with E-state index in [-0.39, 0.29) is 19.2 Å². The molecule has 0 radical (unpaired) electrons. The number of hydrogen-bond acceptors (Lipinski definition) is 5. The van der Waals surface area contributed by atoms with Gasteiger partial charge in [-0.2, -0.15) is 0 Å². The largest absolute Gasteiger partial charge is 0.461 e. The van der Waals surface area contributed by atoms with Gasteiger partial charge in [-0.3, -0.25) is 9.59 Å². The maximum atomic E-state index is 12.2. The first kappa shape index (κ1) is 23.4. The molecule has 0 aromatic carbocycles. The lowest BCUT2D eigenvalue weighted by Crippen LogP contribution is -2.36. The molecule has 0 saturated heterocycles. The fourth-order valence-electron chi connectivity index (χ4n) is 2.06. The first-order chi connectivity index (χ1) is 12.3. The van der Waals surface area contributed by atoms with Gasteiger partial charge in [-0.1, -0.05) is 26.0 Å². The van der Waals surface area contributed by atoms with Crippen molar-refractivity contribution in [2.75, 3.05) is 40.5 Å². The van der Waals surface area contributed by atoms with Gasteiger partial charge in [0.25, 0.3) is 5.91 Å². The quantitative estimate of drug-likeness (QED) is 0.164. The molecule has 7 nitrogen and oxygen atoms in total. The predicted molar refractivity (Wildman–Crippen MR) is 102 cm³/mol. The Morgan fingerprint density at radius 1 is 1.19 bits per heavy atom. The van der Waals surface area contributed by atoms with Gasteiger partial charge >= 0.3 is 5.97 Å². The van der Waals surface area contributed by atoms with E-state index in [9.17, 15) is 14.4 Å². The number of nitrogens with zero attached hydrogens (tertiary/aromatic N) is 3. The van der Waals surface area contributed by atoms with Crippen LogP contribution in [0.1, 0.15) is 26.7 Å². The van der Waals surface area contributed by atoms with E-state index < -0.39 is 5.97 Å². The van der Waals surface area contributed by atoms with Crippen LogP contribution in [0.15, 0.2) is 36.6 Å². The van der Waals surface area contributed by atoms with Crippen molar-refractivity contribution < 1.29 is 19.1 Å². The van der Waals surface area contributed by atoms with Crippen molar-refractivity contribution in [3.8, 4) is 0 Å². The summed E-state index contributed by atoms with van der Waals surface area (Å²) in [6, 6.07) is 0. The zero-order valence-electron chi connectivity index (χ0n) is 16.3. The second-order valence-electron chi connectivity index (χ2n) is 5.96. The number of hydrogen-bond donors (Lipinski definition) is 0. The molecule has 0 fully saturated rings. The van der Waals surface area contributed by atoms with Crippen LogP contribution in [0.4, 0.5) is 0 Å². The molecule has 0 atom stereocenters. The summed E-state index contributed by atoms with van der Waals surface area (Å²) < 4.78 is 5.00. The fraction of sp³-hybridized carbons (Fsp3) is 0.526. The topological polar surface area (TPSA) is 70.2 Å². The third-order valence-corrected chi connectivity index (χ3v) is 3.53. The van der Waals surface area contributed by atoms with E-state index in [1.165, 1.54) is 9.80 Å². The third kappa shape index (κ3) is 10.3. The summed E-state index contributed by atoms with van der Waals surface area (Å²) in [6.07, 6.45) is 9.30. The molecule has 0 rings (SSSR count). The molecule has 0 aromatic rings. The summed E-state index contributed by atoms with van der Waals surface area (Å²) in [6.45, 7) is 9.11. The van der Waals surface area contributed by atoms with Gasteiger partial charge < -0.3 is 19.4 Å². The van der Waals surface area contributed by atoms with Crippen LogP contribution < -0.4 is 0 Å². The SMILES string of the molecule is C=CC(=O)OCCN(/C=C/C=C(\C)C(=O)N(C)CN(C)C=O)CCCC. The molecule has 26 heavy (non-hydrogen) atoms. The molecule has 0 bridgehead atoms. The van der Waals surface area contributed by atoms with Crippen LogP contribution in [0.5, 0.6) is 0 Å². The Bertz CT molecular complexity index is 529. The average Bonchev–Trinajstić information content (AvgIpc) is 2.64. The Kier molecular flexibility index (Phi) is 12.3. The number of allylic oxidation sites excluding steroid dienone is 2. The Morgan fingerprint density at radius 3 is 2.46 bits per heavy atom. The number of likely N-dealkylation sites (N-methyl/N-ethyl adjacent to an activating group) is 1. The number of ether oxygens (including phenoxy) is 1. The Morgan fingerprint density at radius 2 is 1.88 bits per heavy atom. The molecule has 0 saturated carbocycles. The highest BCUT2D eigenvalue weighted by atomic mass is 16.5. The first-order valence-electron chi connectivity index (χ1n) is 8.65. The van der Waals surface area contributed by atoms with Crippen LogP contribution in [0.2, 0.25) is 0 Å². The molecule has 7 heteroatoms. The van der Waals surface area contributed by atoms with Crippen molar-refractivity contribution in [1.82, 2.24) is 14.7 Å². The van der Waals surface area contributed by atoms with Crippen molar-refractivity contribution in [1.29, 1.82) is 0 Å². The van der Waals surface area contributed by atoms with E-state index in [2.05, 4.69) is 13.5 Å². The summed E-state index contributed by atoms with van der Waals surface area (Å²) >= 11 is 0. The Labute approximate surface area is 156 Å². The standard InChI is InChI=1S/C19H31N3O4/c1-6-8-11-22(13-14-26-18(24)7-2)12-9-10-17(3)19(25)21(5)15-20(4)16-23/h7,9-10,12,16H,2,6,8,11,13-15H2,1,3-5H3/b12-9+,17-10+. The van der Waals surface area contributed by atoms with E-state index in [4.69, 9.17) is 4.74 Å². The van der Waals surface area contributed by atoms with Gasteiger partial charge in [0.05, 0.1) is 13.2 Å². The molecular formula is C19H31N3O4. The number of unbranched alkanes of at least 4 members (excludes halogenated alkanes) is 1. The maximum absolute atomic E-state index is 12.2. The second-order valence-corrected chi connectivity index (χ2v) is 5.96. The summed E-state index contributed by atoms with van der Waals surface area (Å²) in [5.41, 5.74) is 0.566. The van der Waals surface area contributed by atoms with Gasteiger partial charge in [-0.25, -0.2) is 4.79 Å². The van der Waals surface area contributed by atoms with E-state index in [1.54, 1.807) is 33.2 Å². The fourth-order valence-corrected chi connectivity index (χ4v) is 2.06. The van der Waals surface area contributed by atoms with Crippen molar-refractivity contribution in [2.45, 2.75) is 26.7 Å². The minimum Gasteiger partial charge on any atom is -0.461 e. The molecule has 146 valence electrons. The third-order valence-electron chi connectivity index (χ3n) is 3.53. The van der Waals surface area contributed by atoms with E-state index in [0.29, 0.717) is 18.5 Å². The number of amides is 2. The molecule has 0 aliphatic rings. The molecular weight excluding hydrogens is 334 g/mol. The van der Waals surface area contributed by atoms with E-state index in [0.717, 1.165) is 25.5 Å². The molecule has 0 N–H and O–H groups in total. The molecule has 2 amide bonds. The molecule has 0 spiro atoms. The van der Waals surface area contributed by atoms with Crippen LogP contribution in [0, 0.1) is 0 Å². The monoisotopic (exact) mass is 365 g/mol. The summed E-state index contributed by atoms with van der Waals surface area (Å²) in [7, 11) is 3.26. The van der Waals surface area contributed by atoms with Crippen LogP contribution >= 0.6 is 0 Å². The highest BCUT2D eigenvalue weighted by Crippen LogP contribution is 2.02. The number of carbonyl (C=O) groups is 3. The van der Waals surface area contributed by atoms with Crippen molar-refractivity contribution in [3.63, 3.8) is 0 Å². The van der Waals surface area contributed by atoms with E-state index >= 15 is 0 Å². The molecule has 0 aliphatic heterocycles. The van der Waals surface area contributed by atoms with E-state index in [1.807, 2.05) is 11.1 Å². The summed E-state index contributed by atoms with van der Waals surface area (Å²) in [4.78, 5) is 38.8. The molecule has 0 unspecified atom stereocenters. The minimum atomic E-state index is -0.436. The predicted octanol–water partition coefficient (Wildman–Crippen LogP) is 1.78. The molecule has 0 heterocycles. The van der Waals surface area contributed by atoms with Gasteiger partial charge in [0, 0.05) is 32.3 Å². The smallest absolute Gasteiger partial charge is 0.330 e. The molecule has 0 aliphatic carbocycles. The Hall–Kier alpha value is -2.57. The zero-order chi connectivity index (χ0) is 19.9. The first-order valence-corrected chi connectivity index (χ1v) is 8.65. The molecule has 0 aromatic heterocycles. The zero-order valence-corrected chi connectivity index (χ0v) is 16.3. The average molecular weight is 365 g/mol. The number of carbonyl (C=O) groups excluding carboxylic acids is 3. The van der Waals surface area contributed by atoms with Gasteiger partial charge in [0.2, 0.25) is 6.41 Å². The second kappa shape index (κ2) is 13.7. The van der Waals surface area contributed by atoms with Crippen molar-refractivity contribution >= 4 is 18.3 Å². The van der Waals surface area contributed by atoms with Crippen molar-refractivity contribution in [3.05, 3.63) is 36.6 Å². The van der Waals surface area contributed by atoms with Gasteiger partial charge in [-0.15, -0.1) is 0 Å². The minimum absolute atomic E-state index is 0.150. The van der Waals surface area contributed by atoms with Crippen LogP contribution in [0.25, 0.3) is 0 Å². The lowest BCUT2D eigenvalue weighted by atomic mass is 10.2. The Balaban J connectivity index is 4.70. The normalized spacial score (nSPS) is 11.2. The highest BCUT2D eigenvalue weighted by molar-refractivity contribution is 5.93. The number of rotatable bonds is 13. The van der Waals surface area contributed by atoms with Crippen LogP contribution in [0.3, 0.4) is 0 Å². The lowest BCUT2D eigenvalue weighted by Gasteiger charge is -2.22. The summed E-state index contributed by atoms with van der Waals surface area (Å²) in [5, 5.41) is 0. The van der Waals surface area contributed by atoms with Crippen LogP contribution in [-0.2, 0) is 19.1 Å². The number of esters is 1.